The van der Waals surface area contributed by atoms with Gasteiger partial charge in [0.15, 0.2) is 6.10 Å². The average Bonchev–Trinajstić information content (AvgIpc) is 3.51. The number of fused-ring (bicyclic) bond motifs is 1. The molecular weight excluding hydrogens is 491 g/mol. The predicted octanol–water partition coefficient (Wildman–Crippen LogP) is 6.31. The first kappa shape index (κ1) is 26.9. The number of nitrogens with zero attached hydrogens (tertiary/aromatic N) is 2. The summed E-state index contributed by atoms with van der Waals surface area (Å²) < 4.78 is 20.1. The van der Waals surface area contributed by atoms with Crippen LogP contribution >= 0.6 is 0 Å². The molecular formula is C33H37FN2O3. The van der Waals surface area contributed by atoms with Crippen molar-refractivity contribution < 1.29 is 18.7 Å². The highest BCUT2D eigenvalue weighted by atomic mass is 19.1. The van der Waals surface area contributed by atoms with Crippen molar-refractivity contribution in [3.8, 4) is 5.75 Å². The Hall–Kier alpha value is -3.67. The molecule has 2 amide bonds. The lowest BCUT2D eigenvalue weighted by Crippen LogP contribution is -2.43. The van der Waals surface area contributed by atoms with E-state index >= 15 is 0 Å². The lowest BCUT2D eigenvalue weighted by molar-refractivity contribution is -0.138. The van der Waals surface area contributed by atoms with Gasteiger partial charge in [0.2, 0.25) is 5.91 Å². The molecule has 3 aromatic carbocycles. The molecule has 1 aliphatic heterocycles. The molecule has 3 aromatic rings. The minimum absolute atomic E-state index is 0.0520. The van der Waals surface area contributed by atoms with Gasteiger partial charge in [0.25, 0.3) is 5.91 Å². The minimum Gasteiger partial charge on any atom is -0.481 e. The van der Waals surface area contributed by atoms with Crippen LogP contribution in [0.5, 0.6) is 5.75 Å². The largest absolute Gasteiger partial charge is 0.481 e. The van der Waals surface area contributed by atoms with Gasteiger partial charge in [-0.25, -0.2) is 4.39 Å². The Morgan fingerprint density at radius 2 is 1.74 bits per heavy atom. The molecule has 1 heterocycles. The number of likely N-dealkylation sites (N-methyl/N-ethyl adjacent to an activating group) is 1. The van der Waals surface area contributed by atoms with E-state index < -0.39 is 6.10 Å². The number of rotatable bonds is 8. The van der Waals surface area contributed by atoms with Crippen molar-refractivity contribution in [3.05, 3.63) is 101 Å². The van der Waals surface area contributed by atoms with Gasteiger partial charge in [0.05, 0.1) is 6.04 Å². The van der Waals surface area contributed by atoms with Crippen LogP contribution in [-0.2, 0) is 22.6 Å². The smallest absolute Gasteiger partial charge is 0.263 e. The molecule has 0 radical (unpaired) electrons. The van der Waals surface area contributed by atoms with E-state index in [2.05, 4.69) is 0 Å². The maximum atomic E-state index is 13.8. The quantitative estimate of drug-likeness (QED) is 0.345. The molecule has 0 spiro atoms. The number of hydrogen-bond donors (Lipinski definition) is 0. The van der Waals surface area contributed by atoms with Crippen LogP contribution in [0.15, 0.2) is 72.8 Å². The highest BCUT2D eigenvalue weighted by molar-refractivity contribution is 5.81. The van der Waals surface area contributed by atoms with Crippen LogP contribution in [0.1, 0.15) is 67.3 Å². The second kappa shape index (κ2) is 12.0. The van der Waals surface area contributed by atoms with E-state index in [1.165, 1.54) is 12.1 Å². The normalized spacial score (nSPS) is 17.9. The SMILES string of the molecule is CC[C@H](Oc1ccc2c(c1)[C@@H](c1ccc(F)cc1)N(C(=O)C1CCCC1)CC2)C(=O)N(C)Cc1ccccc1. The van der Waals surface area contributed by atoms with E-state index in [4.69, 9.17) is 4.74 Å². The summed E-state index contributed by atoms with van der Waals surface area (Å²) in [6.45, 7) is 3.08. The number of ether oxygens (including phenoxy) is 1. The zero-order valence-electron chi connectivity index (χ0n) is 22.8. The summed E-state index contributed by atoms with van der Waals surface area (Å²) in [6, 6.07) is 22.0. The highest BCUT2D eigenvalue weighted by Crippen LogP contribution is 2.40. The molecule has 0 aromatic heterocycles. The molecule has 1 saturated carbocycles. The van der Waals surface area contributed by atoms with E-state index in [0.29, 0.717) is 25.3 Å². The monoisotopic (exact) mass is 528 g/mol. The van der Waals surface area contributed by atoms with Crippen LogP contribution in [-0.4, -0.2) is 41.3 Å². The Balaban J connectivity index is 1.41. The topological polar surface area (TPSA) is 49.9 Å². The number of carbonyl (C=O) groups excluding carboxylic acids is 2. The molecule has 5 rings (SSSR count). The summed E-state index contributed by atoms with van der Waals surface area (Å²) in [5.74, 6) is 0.458. The maximum Gasteiger partial charge on any atom is 0.263 e. The summed E-state index contributed by atoms with van der Waals surface area (Å²) in [4.78, 5) is 30.6. The van der Waals surface area contributed by atoms with Crippen LogP contribution < -0.4 is 4.74 Å². The van der Waals surface area contributed by atoms with Crippen molar-refractivity contribution in [1.29, 1.82) is 0 Å². The molecule has 5 nitrogen and oxygen atoms in total. The number of carbonyl (C=O) groups is 2. The molecule has 204 valence electrons. The predicted molar refractivity (Wildman–Crippen MR) is 150 cm³/mol. The third-order valence-electron chi connectivity index (χ3n) is 8.08. The van der Waals surface area contributed by atoms with Crippen molar-refractivity contribution in [3.63, 3.8) is 0 Å². The molecule has 2 atom stereocenters. The number of hydrogen-bond acceptors (Lipinski definition) is 3. The molecule has 0 N–H and O–H groups in total. The van der Waals surface area contributed by atoms with Crippen molar-refractivity contribution in [2.45, 2.75) is 64.1 Å². The van der Waals surface area contributed by atoms with E-state index in [1.807, 2.05) is 60.4 Å². The van der Waals surface area contributed by atoms with Gasteiger partial charge in [-0.1, -0.05) is 68.3 Å². The van der Waals surface area contributed by atoms with Crippen molar-refractivity contribution >= 4 is 11.8 Å². The Kier molecular flexibility index (Phi) is 8.30. The first-order valence-corrected chi connectivity index (χ1v) is 14.1. The van der Waals surface area contributed by atoms with Gasteiger partial charge < -0.3 is 14.5 Å². The van der Waals surface area contributed by atoms with Gasteiger partial charge in [0, 0.05) is 26.1 Å². The lowest BCUT2D eigenvalue weighted by atomic mass is 9.87. The van der Waals surface area contributed by atoms with Crippen LogP contribution in [0, 0.1) is 11.7 Å². The van der Waals surface area contributed by atoms with E-state index in [1.54, 1.807) is 24.1 Å². The van der Waals surface area contributed by atoms with Gasteiger partial charge in [-0.15, -0.1) is 0 Å². The minimum atomic E-state index is -0.624. The van der Waals surface area contributed by atoms with Gasteiger partial charge in [0.1, 0.15) is 11.6 Å². The van der Waals surface area contributed by atoms with Gasteiger partial charge in [-0.3, -0.25) is 9.59 Å². The number of benzene rings is 3. The van der Waals surface area contributed by atoms with Crippen LogP contribution in [0.4, 0.5) is 4.39 Å². The fourth-order valence-electron chi connectivity index (χ4n) is 5.97. The number of amides is 2. The molecule has 1 fully saturated rings. The Morgan fingerprint density at radius 1 is 1.03 bits per heavy atom. The van der Waals surface area contributed by atoms with E-state index in [-0.39, 0.29) is 29.6 Å². The van der Waals surface area contributed by atoms with Crippen molar-refractivity contribution in [2.75, 3.05) is 13.6 Å². The molecule has 1 aliphatic carbocycles. The molecule has 0 unspecified atom stereocenters. The fourth-order valence-corrected chi connectivity index (χ4v) is 5.97. The number of halogens is 1. The highest BCUT2D eigenvalue weighted by Gasteiger charge is 2.36. The summed E-state index contributed by atoms with van der Waals surface area (Å²) in [5.41, 5.74) is 4.07. The van der Waals surface area contributed by atoms with Crippen molar-refractivity contribution in [1.82, 2.24) is 9.80 Å². The first-order chi connectivity index (χ1) is 18.9. The summed E-state index contributed by atoms with van der Waals surface area (Å²) in [5, 5.41) is 0. The van der Waals surface area contributed by atoms with Gasteiger partial charge in [-0.2, -0.15) is 0 Å². The zero-order valence-corrected chi connectivity index (χ0v) is 22.8. The molecule has 2 aliphatic rings. The third kappa shape index (κ3) is 6.00. The summed E-state index contributed by atoms with van der Waals surface area (Å²) >= 11 is 0. The average molecular weight is 529 g/mol. The van der Waals surface area contributed by atoms with Crippen LogP contribution in [0.25, 0.3) is 0 Å². The standard InChI is InChI=1S/C33H37FN2O3/c1-3-30(33(38)35(2)22-23-9-5-4-6-10-23)39-28-18-15-24-19-20-36(32(37)26-11-7-8-12-26)31(29(24)21-28)25-13-16-27(34)17-14-25/h4-6,9-10,13-18,21,26,30-31H,3,7-8,11-12,19-20,22H2,1-2H3/t30-,31+/m0/s1. The Morgan fingerprint density at radius 3 is 2.44 bits per heavy atom. The lowest BCUT2D eigenvalue weighted by Gasteiger charge is -2.39. The van der Waals surface area contributed by atoms with Gasteiger partial charge in [-0.05, 0) is 72.2 Å². The Labute approximate surface area is 230 Å². The third-order valence-corrected chi connectivity index (χ3v) is 8.08. The van der Waals surface area contributed by atoms with Crippen LogP contribution in [0.2, 0.25) is 0 Å². The van der Waals surface area contributed by atoms with Gasteiger partial charge >= 0.3 is 0 Å². The second-order valence-corrected chi connectivity index (χ2v) is 10.8. The summed E-state index contributed by atoms with van der Waals surface area (Å²) in [6.07, 6.45) is 4.69. The molecule has 6 heteroatoms. The Bertz CT molecular complexity index is 1290. The van der Waals surface area contributed by atoms with E-state index in [0.717, 1.165) is 54.4 Å². The maximum absolute atomic E-state index is 13.8. The van der Waals surface area contributed by atoms with Crippen molar-refractivity contribution in [2.24, 2.45) is 5.92 Å². The molecule has 39 heavy (non-hydrogen) atoms. The fraction of sp³-hybridized carbons (Fsp3) is 0.394. The summed E-state index contributed by atoms with van der Waals surface area (Å²) in [7, 11) is 1.80. The molecule has 0 bridgehead atoms. The van der Waals surface area contributed by atoms with E-state index in [9.17, 15) is 14.0 Å². The molecule has 0 saturated heterocycles. The zero-order chi connectivity index (χ0) is 27.4. The second-order valence-electron chi connectivity index (χ2n) is 10.8. The first-order valence-electron chi connectivity index (χ1n) is 14.1. The van der Waals surface area contributed by atoms with Crippen LogP contribution in [0.3, 0.4) is 0 Å².